The molecule has 0 saturated carbocycles. The van der Waals surface area contributed by atoms with Gasteiger partial charge in [-0.3, -0.25) is 15.0 Å². The van der Waals surface area contributed by atoms with E-state index >= 15 is 0 Å². The number of imide groups is 1. The molecule has 0 aromatic carbocycles. The SMILES string of the molecule is O=CCc1cccc(N2CCC(=O)NC2=O)n1. The molecule has 1 aromatic heterocycles. The number of anilines is 1. The number of rotatable bonds is 3. The number of urea groups is 1. The van der Waals surface area contributed by atoms with Crippen molar-refractivity contribution in [1.82, 2.24) is 10.3 Å². The van der Waals surface area contributed by atoms with Gasteiger partial charge >= 0.3 is 6.03 Å². The highest BCUT2D eigenvalue weighted by Crippen LogP contribution is 2.14. The molecule has 1 aliphatic heterocycles. The Bertz CT molecular complexity index is 473. The number of amides is 3. The Morgan fingerprint density at radius 2 is 2.24 bits per heavy atom. The Morgan fingerprint density at radius 1 is 1.41 bits per heavy atom. The fraction of sp³-hybridized carbons (Fsp3) is 0.273. The van der Waals surface area contributed by atoms with Crippen LogP contribution in [-0.2, 0) is 16.0 Å². The highest BCUT2D eigenvalue weighted by molar-refractivity contribution is 6.05. The summed E-state index contributed by atoms with van der Waals surface area (Å²) in [6, 6.07) is 4.64. The predicted molar refractivity (Wildman–Crippen MR) is 59.5 cm³/mol. The summed E-state index contributed by atoms with van der Waals surface area (Å²) in [6.45, 7) is 0.308. The first kappa shape index (κ1) is 11.3. The zero-order valence-corrected chi connectivity index (χ0v) is 9.05. The molecule has 0 bridgehead atoms. The van der Waals surface area contributed by atoms with Crippen LogP contribution in [0.3, 0.4) is 0 Å². The molecule has 1 aromatic rings. The van der Waals surface area contributed by atoms with Gasteiger partial charge in [-0.05, 0) is 12.1 Å². The van der Waals surface area contributed by atoms with Crippen molar-refractivity contribution in [3.8, 4) is 0 Å². The van der Waals surface area contributed by atoms with Crippen LogP contribution < -0.4 is 10.2 Å². The van der Waals surface area contributed by atoms with E-state index in [2.05, 4.69) is 10.3 Å². The second-order valence-corrected chi connectivity index (χ2v) is 3.61. The predicted octanol–water partition coefficient (Wildman–Crippen LogP) is 0.269. The molecule has 6 heteroatoms. The van der Waals surface area contributed by atoms with Crippen LogP contribution in [-0.4, -0.2) is 29.8 Å². The molecule has 3 amide bonds. The van der Waals surface area contributed by atoms with E-state index in [-0.39, 0.29) is 18.7 Å². The smallest absolute Gasteiger partial charge is 0.303 e. The lowest BCUT2D eigenvalue weighted by Crippen LogP contribution is -2.49. The monoisotopic (exact) mass is 233 g/mol. The van der Waals surface area contributed by atoms with Crippen LogP contribution >= 0.6 is 0 Å². The highest BCUT2D eigenvalue weighted by Gasteiger charge is 2.24. The topological polar surface area (TPSA) is 79.4 Å². The molecule has 17 heavy (non-hydrogen) atoms. The molecule has 0 radical (unpaired) electrons. The van der Waals surface area contributed by atoms with E-state index in [1.165, 1.54) is 4.90 Å². The Hall–Kier alpha value is -2.24. The summed E-state index contributed by atoms with van der Waals surface area (Å²) in [7, 11) is 0. The fourth-order valence-corrected chi connectivity index (χ4v) is 1.60. The van der Waals surface area contributed by atoms with Crippen LogP contribution in [0.2, 0.25) is 0 Å². The fourth-order valence-electron chi connectivity index (χ4n) is 1.60. The third-order valence-corrected chi connectivity index (χ3v) is 2.42. The molecule has 1 N–H and O–H groups in total. The zero-order valence-electron chi connectivity index (χ0n) is 9.05. The molecule has 2 rings (SSSR count). The molecule has 88 valence electrons. The lowest BCUT2D eigenvalue weighted by Gasteiger charge is -2.25. The van der Waals surface area contributed by atoms with E-state index in [0.29, 0.717) is 18.1 Å². The van der Waals surface area contributed by atoms with E-state index in [1.54, 1.807) is 18.2 Å². The number of carbonyl (C=O) groups is 3. The molecule has 0 spiro atoms. The third kappa shape index (κ3) is 2.47. The largest absolute Gasteiger partial charge is 0.329 e. The number of hydrogen-bond donors (Lipinski definition) is 1. The van der Waals surface area contributed by atoms with Crippen molar-refractivity contribution in [3.05, 3.63) is 23.9 Å². The minimum atomic E-state index is -0.475. The highest BCUT2D eigenvalue weighted by atomic mass is 16.2. The summed E-state index contributed by atoms with van der Waals surface area (Å²) in [5, 5.41) is 2.22. The number of aldehydes is 1. The van der Waals surface area contributed by atoms with Gasteiger partial charge in [-0.2, -0.15) is 0 Å². The van der Waals surface area contributed by atoms with Crippen molar-refractivity contribution in [3.63, 3.8) is 0 Å². The maximum Gasteiger partial charge on any atom is 0.329 e. The van der Waals surface area contributed by atoms with Gasteiger partial charge in [0.1, 0.15) is 12.1 Å². The van der Waals surface area contributed by atoms with Crippen LogP contribution in [0.15, 0.2) is 18.2 Å². The van der Waals surface area contributed by atoms with E-state index < -0.39 is 6.03 Å². The Kier molecular flexibility index (Phi) is 3.13. The maximum absolute atomic E-state index is 11.6. The number of pyridine rings is 1. The van der Waals surface area contributed by atoms with Crippen molar-refractivity contribution in [2.45, 2.75) is 12.8 Å². The molecule has 0 unspecified atom stereocenters. The average molecular weight is 233 g/mol. The molecule has 6 nitrogen and oxygen atoms in total. The quantitative estimate of drug-likeness (QED) is 0.760. The molecular weight excluding hydrogens is 222 g/mol. The maximum atomic E-state index is 11.6. The minimum Gasteiger partial charge on any atom is -0.303 e. The number of hydrogen-bond acceptors (Lipinski definition) is 4. The van der Waals surface area contributed by atoms with Crippen LogP contribution in [0.4, 0.5) is 10.6 Å². The number of carbonyl (C=O) groups excluding carboxylic acids is 3. The molecule has 1 fully saturated rings. The first-order chi connectivity index (χ1) is 8.20. The summed E-state index contributed by atoms with van der Waals surface area (Å²) in [6.07, 6.45) is 1.22. The number of nitrogens with one attached hydrogen (secondary N) is 1. The van der Waals surface area contributed by atoms with E-state index in [1.807, 2.05) is 0 Å². The second kappa shape index (κ2) is 4.73. The van der Waals surface area contributed by atoms with Gasteiger partial charge in [0.05, 0.1) is 0 Å². The van der Waals surface area contributed by atoms with Gasteiger partial charge < -0.3 is 4.79 Å². The van der Waals surface area contributed by atoms with Gasteiger partial charge in [-0.1, -0.05) is 6.07 Å². The van der Waals surface area contributed by atoms with Gasteiger partial charge in [-0.15, -0.1) is 0 Å². The van der Waals surface area contributed by atoms with Crippen molar-refractivity contribution in [1.29, 1.82) is 0 Å². The van der Waals surface area contributed by atoms with Crippen LogP contribution in [0.1, 0.15) is 12.1 Å². The normalized spacial score (nSPS) is 15.6. The van der Waals surface area contributed by atoms with Crippen molar-refractivity contribution in [2.24, 2.45) is 0 Å². The van der Waals surface area contributed by atoms with Crippen LogP contribution in [0.25, 0.3) is 0 Å². The summed E-state index contributed by atoms with van der Waals surface area (Å²) in [5.74, 6) is 0.171. The standard InChI is InChI=1S/C11H11N3O3/c15-7-5-8-2-1-3-9(12-8)14-6-4-10(16)13-11(14)17/h1-3,7H,4-6H2,(H,13,16,17). The lowest BCUT2D eigenvalue weighted by molar-refractivity contribution is -0.120. The van der Waals surface area contributed by atoms with E-state index in [4.69, 9.17) is 0 Å². The zero-order chi connectivity index (χ0) is 12.3. The Morgan fingerprint density at radius 3 is 2.94 bits per heavy atom. The molecule has 0 atom stereocenters. The summed E-state index contributed by atoms with van der Waals surface area (Å²) < 4.78 is 0. The first-order valence-corrected chi connectivity index (χ1v) is 5.21. The minimum absolute atomic E-state index is 0.211. The Labute approximate surface area is 97.6 Å². The second-order valence-electron chi connectivity index (χ2n) is 3.61. The van der Waals surface area contributed by atoms with Gasteiger partial charge in [0.25, 0.3) is 0 Å². The van der Waals surface area contributed by atoms with Crippen molar-refractivity contribution >= 4 is 24.0 Å². The molecule has 1 saturated heterocycles. The van der Waals surface area contributed by atoms with Crippen molar-refractivity contribution < 1.29 is 14.4 Å². The average Bonchev–Trinajstić information content (AvgIpc) is 2.29. The molecule has 1 aliphatic rings. The van der Waals surface area contributed by atoms with E-state index in [9.17, 15) is 14.4 Å². The summed E-state index contributed by atoms with van der Waals surface area (Å²) in [4.78, 5) is 38.5. The van der Waals surface area contributed by atoms with Gasteiger partial charge in [0.2, 0.25) is 5.91 Å². The Balaban J connectivity index is 2.21. The number of nitrogens with zero attached hydrogens (tertiary/aromatic N) is 2. The van der Waals surface area contributed by atoms with Gasteiger partial charge in [-0.25, -0.2) is 9.78 Å². The first-order valence-electron chi connectivity index (χ1n) is 5.21. The van der Waals surface area contributed by atoms with Crippen molar-refractivity contribution in [2.75, 3.05) is 11.4 Å². The molecule has 2 heterocycles. The summed E-state index contributed by atoms with van der Waals surface area (Å²) >= 11 is 0. The van der Waals surface area contributed by atoms with Gasteiger partial charge in [0, 0.05) is 25.1 Å². The molecular formula is C11H11N3O3. The van der Waals surface area contributed by atoms with Gasteiger partial charge in [0.15, 0.2) is 0 Å². The van der Waals surface area contributed by atoms with Crippen LogP contribution in [0.5, 0.6) is 0 Å². The van der Waals surface area contributed by atoms with E-state index in [0.717, 1.165) is 6.29 Å². The third-order valence-electron chi connectivity index (χ3n) is 2.42. The lowest BCUT2D eigenvalue weighted by atomic mass is 10.2. The summed E-state index contributed by atoms with van der Waals surface area (Å²) in [5.41, 5.74) is 0.599. The molecule has 0 aliphatic carbocycles. The van der Waals surface area contributed by atoms with Crippen LogP contribution in [0, 0.1) is 0 Å². The number of aromatic nitrogens is 1.